The van der Waals surface area contributed by atoms with Gasteiger partial charge in [0.2, 0.25) is 5.91 Å². The maximum atomic E-state index is 12.9. The van der Waals surface area contributed by atoms with Crippen molar-refractivity contribution in [3.8, 4) is 0 Å². The Morgan fingerprint density at radius 3 is 2.39 bits per heavy atom. The molecule has 4 amide bonds. The zero-order chi connectivity index (χ0) is 22.4. The Kier molecular flexibility index (Phi) is 7.19. The second-order valence-corrected chi connectivity index (χ2v) is 7.78. The number of nitrogens with zero attached hydrogens (tertiary/aromatic N) is 1. The van der Waals surface area contributed by atoms with Gasteiger partial charge in [0.1, 0.15) is 5.82 Å². The standard InChI is InChI=1S/C22H20FN3O4S/c1-14-2-4-15(5-3-14)12-18-21(29)26(22(30)31-18)11-10-24-19(27)13-25-20(28)16-6-8-17(23)9-7-16/h2-9,12H,10-11,13H2,1H3,(H,24,27)(H,25,28)/b18-12+. The number of carbonyl (C=O) groups excluding carboxylic acids is 4. The summed E-state index contributed by atoms with van der Waals surface area (Å²) in [6.07, 6.45) is 1.66. The summed E-state index contributed by atoms with van der Waals surface area (Å²) in [7, 11) is 0. The van der Waals surface area contributed by atoms with Crippen LogP contribution in [0.15, 0.2) is 53.4 Å². The summed E-state index contributed by atoms with van der Waals surface area (Å²) in [4.78, 5) is 49.8. The molecule has 1 saturated heterocycles. The number of thioether (sulfide) groups is 1. The maximum Gasteiger partial charge on any atom is 0.293 e. The van der Waals surface area contributed by atoms with Gasteiger partial charge in [0, 0.05) is 18.7 Å². The van der Waals surface area contributed by atoms with Crippen LogP contribution in [0.5, 0.6) is 0 Å². The van der Waals surface area contributed by atoms with E-state index in [0.717, 1.165) is 39.9 Å². The fourth-order valence-corrected chi connectivity index (χ4v) is 3.61. The van der Waals surface area contributed by atoms with E-state index in [0.29, 0.717) is 4.91 Å². The molecule has 0 bridgehead atoms. The molecule has 2 aromatic carbocycles. The summed E-state index contributed by atoms with van der Waals surface area (Å²) in [6, 6.07) is 12.5. The Labute approximate surface area is 182 Å². The highest BCUT2D eigenvalue weighted by molar-refractivity contribution is 8.18. The van der Waals surface area contributed by atoms with Gasteiger partial charge in [-0.3, -0.25) is 24.1 Å². The van der Waals surface area contributed by atoms with Crippen molar-refractivity contribution in [2.24, 2.45) is 0 Å². The van der Waals surface area contributed by atoms with E-state index >= 15 is 0 Å². The van der Waals surface area contributed by atoms with Gasteiger partial charge >= 0.3 is 0 Å². The first kappa shape index (κ1) is 22.2. The molecule has 1 fully saturated rings. The van der Waals surface area contributed by atoms with Crippen LogP contribution in [-0.2, 0) is 9.59 Å². The number of hydrogen-bond acceptors (Lipinski definition) is 5. The molecule has 160 valence electrons. The second kappa shape index (κ2) is 10.0. The van der Waals surface area contributed by atoms with Gasteiger partial charge in [-0.25, -0.2) is 4.39 Å². The molecule has 0 saturated carbocycles. The summed E-state index contributed by atoms with van der Waals surface area (Å²) >= 11 is 0.855. The van der Waals surface area contributed by atoms with Crippen molar-refractivity contribution in [2.45, 2.75) is 6.92 Å². The molecular weight excluding hydrogens is 421 g/mol. The Hall–Kier alpha value is -3.46. The van der Waals surface area contributed by atoms with Crippen LogP contribution in [0.3, 0.4) is 0 Å². The summed E-state index contributed by atoms with van der Waals surface area (Å²) in [6.45, 7) is 1.75. The SMILES string of the molecule is Cc1ccc(/C=C2/SC(=O)N(CCNC(=O)CNC(=O)c3ccc(F)cc3)C2=O)cc1. The van der Waals surface area contributed by atoms with Crippen LogP contribution in [0.1, 0.15) is 21.5 Å². The number of halogens is 1. The van der Waals surface area contributed by atoms with E-state index in [-0.39, 0.29) is 25.2 Å². The smallest absolute Gasteiger partial charge is 0.293 e. The lowest BCUT2D eigenvalue weighted by Crippen LogP contribution is -2.41. The molecule has 1 aliphatic heterocycles. The van der Waals surface area contributed by atoms with Crippen molar-refractivity contribution in [3.05, 3.63) is 75.9 Å². The lowest BCUT2D eigenvalue weighted by Gasteiger charge is -2.13. The number of imide groups is 1. The summed E-state index contributed by atoms with van der Waals surface area (Å²) in [5.41, 5.74) is 2.14. The fourth-order valence-electron chi connectivity index (χ4n) is 2.74. The Balaban J connectivity index is 1.45. The normalized spacial score (nSPS) is 14.8. The molecule has 1 heterocycles. The Morgan fingerprint density at radius 1 is 1.03 bits per heavy atom. The van der Waals surface area contributed by atoms with Gasteiger partial charge < -0.3 is 10.6 Å². The minimum Gasteiger partial charge on any atom is -0.353 e. The van der Waals surface area contributed by atoms with Gasteiger partial charge in [-0.1, -0.05) is 29.8 Å². The van der Waals surface area contributed by atoms with Gasteiger partial charge in [0.25, 0.3) is 17.1 Å². The number of rotatable bonds is 7. The number of nitrogens with one attached hydrogen (secondary N) is 2. The molecule has 31 heavy (non-hydrogen) atoms. The lowest BCUT2D eigenvalue weighted by molar-refractivity contribution is -0.124. The number of hydrogen-bond donors (Lipinski definition) is 2. The molecule has 0 atom stereocenters. The summed E-state index contributed by atoms with van der Waals surface area (Å²) < 4.78 is 12.9. The average molecular weight is 441 g/mol. The summed E-state index contributed by atoms with van der Waals surface area (Å²) in [5, 5.41) is 4.57. The topological polar surface area (TPSA) is 95.6 Å². The van der Waals surface area contributed by atoms with E-state index in [1.807, 2.05) is 31.2 Å². The third-order valence-electron chi connectivity index (χ3n) is 4.42. The molecule has 0 aliphatic carbocycles. The van der Waals surface area contributed by atoms with E-state index in [4.69, 9.17) is 0 Å². The van der Waals surface area contributed by atoms with Crippen LogP contribution in [0.25, 0.3) is 6.08 Å². The lowest BCUT2D eigenvalue weighted by atomic mass is 10.1. The van der Waals surface area contributed by atoms with E-state index < -0.39 is 28.8 Å². The number of aryl methyl sites for hydroxylation is 1. The average Bonchev–Trinajstić information content (AvgIpc) is 3.01. The second-order valence-electron chi connectivity index (χ2n) is 6.78. The molecule has 2 N–H and O–H groups in total. The minimum absolute atomic E-state index is 0.0214. The van der Waals surface area contributed by atoms with Gasteiger partial charge in [-0.15, -0.1) is 0 Å². The predicted molar refractivity (Wildman–Crippen MR) is 116 cm³/mol. The first-order valence-electron chi connectivity index (χ1n) is 9.46. The Morgan fingerprint density at radius 2 is 1.71 bits per heavy atom. The van der Waals surface area contributed by atoms with Crippen LogP contribution in [-0.4, -0.2) is 47.5 Å². The van der Waals surface area contributed by atoms with Crippen LogP contribution < -0.4 is 10.6 Å². The first-order chi connectivity index (χ1) is 14.8. The van der Waals surface area contributed by atoms with Gasteiger partial charge in [-0.2, -0.15) is 0 Å². The van der Waals surface area contributed by atoms with Gasteiger partial charge in [0.15, 0.2) is 0 Å². The molecule has 2 aromatic rings. The van der Waals surface area contributed by atoms with Gasteiger partial charge in [0.05, 0.1) is 11.4 Å². The number of carbonyl (C=O) groups is 4. The number of benzene rings is 2. The van der Waals surface area contributed by atoms with Crippen LogP contribution in [0, 0.1) is 12.7 Å². The minimum atomic E-state index is -0.512. The zero-order valence-electron chi connectivity index (χ0n) is 16.7. The molecule has 0 spiro atoms. The predicted octanol–water partition coefficient (Wildman–Crippen LogP) is 2.72. The highest BCUT2D eigenvalue weighted by Gasteiger charge is 2.34. The van der Waals surface area contributed by atoms with E-state index in [9.17, 15) is 23.6 Å². The zero-order valence-corrected chi connectivity index (χ0v) is 17.5. The van der Waals surface area contributed by atoms with E-state index in [1.54, 1.807) is 6.08 Å². The molecule has 9 heteroatoms. The maximum absolute atomic E-state index is 12.9. The molecule has 1 aliphatic rings. The highest BCUT2D eigenvalue weighted by atomic mass is 32.2. The van der Waals surface area contributed by atoms with Gasteiger partial charge in [-0.05, 0) is 54.6 Å². The van der Waals surface area contributed by atoms with Crippen LogP contribution in [0.2, 0.25) is 0 Å². The largest absolute Gasteiger partial charge is 0.353 e. The number of amides is 4. The molecule has 0 radical (unpaired) electrons. The van der Waals surface area contributed by atoms with E-state index in [2.05, 4.69) is 10.6 Å². The molecule has 3 rings (SSSR count). The monoisotopic (exact) mass is 441 g/mol. The fraction of sp³-hybridized carbons (Fsp3) is 0.182. The van der Waals surface area contributed by atoms with Crippen molar-refractivity contribution >= 4 is 40.8 Å². The third-order valence-corrected chi connectivity index (χ3v) is 5.33. The van der Waals surface area contributed by atoms with E-state index in [1.165, 1.54) is 12.1 Å². The van der Waals surface area contributed by atoms with Crippen molar-refractivity contribution in [1.82, 2.24) is 15.5 Å². The quantitative estimate of drug-likeness (QED) is 0.645. The molecule has 0 unspecified atom stereocenters. The molecular formula is C22H20FN3O4S. The third kappa shape index (κ3) is 6.02. The van der Waals surface area contributed by atoms with Crippen LogP contribution >= 0.6 is 11.8 Å². The highest BCUT2D eigenvalue weighted by Crippen LogP contribution is 2.31. The molecule has 7 nitrogen and oxygen atoms in total. The Bertz CT molecular complexity index is 1040. The van der Waals surface area contributed by atoms with Crippen molar-refractivity contribution < 1.29 is 23.6 Å². The first-order valence-corrected chi connectivity index (χ1v) is 10.3. The van der Waals surface area contributed by atoms with Crippen molar-refractivity contribution in [3.63, 3.8) is 0 Å². The van der Waals surface area contributed by atoms with Crippen molar-refractivity contribution in [2.75, 3.05) is 19.6 Å². The molecule has 0 aromatic heterocycles. The summed E-state index contributed by atoms with van der Waals surface area (Å²) in [5.74, 6) is -1.86. The van der Waals surface area contributed by atoms with Crippen LogP contribution in [0.4, 0.5) is 9.18 Å². The van der Waals surface area contributed by atoms with Crippen molar-refractivity contribution in [1.29, 1.82) is 0 Å².